The van der Waals surface area contributed by atoms with Gasteiger partial charge in [-0.25, -0.2) is 34.4 Å². The van der Waals surface area contributed by atoms with Crippen LogP contribution in [0.25, 0.3) is 0 Å². The van der Waals surface area contributed by atoms with Crippen molar-refractivity contribution in [1.29, 1.82) is 0 Å². The van der Waals surface area contributed by atoms with E-state index in [1.54, 1.807) is 0 Å². The topological polar surface area (TPSA) is 135 Å². The summed E-state index contributed by atoms with van der Waals surface area (Å²) in [6.07, 6.45) is 0. The van der Waals surface area contributed by atoms with E-state index < -0.39 is 68.1 Å². The highest BCUT2D eigenvalue weighted by atomic mass is 32.3. The predicted molar refractivity (Wildman–Crippen MR) is 80.0 cm³/mol. The molecule has 0 aromatic heterocycles. The zero-order valence-corrected chi connectivity index (χ0v) is 15.0. The lowest BCUT2D eigenvalue weighted by Crippen LogP contribution is -2.33. The van der Waals surface area contributed by atoms with E-state index in [1.165, 1.54) is 0 Å². The molecular weight excluding hydrogens is 442 g/mol. The molecule has 0 amide bonds. The van der Waals surface area contributed by atoms with Crippen LogP contribution in [0.4, 0.5) is 17.6 Å². The molecule has 0 aliphatic carbocycles. The molecule has 15 heteroatoms. The molecule has 0 unspecified atom stereocenters. The SMILES string of the molecule is O=S(=O)(O)c1ccccc1S(=O)(=O)NS(=O)(=O)c1c(F)c(F)cc(F)c1F. The molecule has 0 atom stereocenters. The molecule has 0 spiro atoms. The van der Waals surface area contributed by atoms with E-state index in [4.69, 9.17) is 4.55 Å². The first-order chi connectivity index (χ1) is 12.2. The van der Waals surface area contributed by atoms with E-state index in [2.05, 4.69) is 0 Å². The summed E-state index contributed by atoms with van der Waals surface area (Å²) in [5, 5.41) is 0. The van der Waals surface area contributed by atoms with Gasteiger partial charge in [0.05, 0.1) is 0 Å². The summed E-state index contributed by atoms with van der Waals surface area (Å²) in [7, 11) is -16.3. The molecule has 2 aromatic carbocycles. The number of sulfonamides is 2. The molecule has 0 fully saturated rings. The third-order valence-corrected chi connectivity index (χ3v) is 7.60. The van der Waals surface area contributed by atoms with E-state index in [-0.39, 0.29) is 6.07 Å². The summed E-state index contributed by atoms with van der Waals surface area (Å²) < 4.78 is 134. The molecule has 0 radical (unpaired) electrons. The van der Waals surface area contributed by atoms with Gasteiger partial charge in [-0.2, -0.15) is 8.42 Å². The van der Waals surface area contributed by atoms with E-state index in [1.807, 2.05) is 0 Å². The van der Waals surface area contributed by atoms with Gasteiger partial charge in [-0.3, -0.25) is 4.55 Å². The zero-order valence-electron chi connectivity index (χ0n) is 12.5. The van der Waals surface area contributed by atoms with Crippen molar-refractivity contribution in [3.8, 4) is 0 Å². The molecule has 0 aliphatic rings. The van der Waals surface area contributed by atoms with Crippen molar-refractivity contribution in [2.24, 2.45) is 0 Å². The van der Waals surface area contributed by atoms with Gasteiger partial charge in [0.25, 0.3) is 30.2 Å². The molecule has 8 nitrogen and oxygen atoms in total. The second-order valence-electron chi connectivity index (χ2n) is 4.81. The smallest absolute Gasteiger partial charge is 0.282 e. The van der Waals surface area contributed by atoms with Crippen molar-refractivity contribution in [3.63, 3.8) is 0 Å². The first-order valence-corrected chi connectivity index (χ1v) is 10.8. The summed E-state index contributed by atoms with van der Waals surface area (Å²) in [6.45, 7) is 0. The lowest BCUT2D eigenvalue weighted by molar-refractivity contribution is 0.419. The molecule has 0 saturated carbocycles. The van der Waals surface area contributed by atoms with Crippen LogP contribution < -0.4 is 4.13 Å². The Hall–Kier alpha value is -2.07. The Balaban J connectivity index is 2.68. The van der Waals surface area contributed by atoms with Gasteiger partial charge in [0, 0.05) is 6.07 Å². The summed E-state index contributed by atoms with van der Waals surface area (Å²) >= 11 is 0. The van der Waals surface area contributed by atoms with E-state index >= 15 is 0 Å². The Labute approximate surface area is 150 Å². The van der Waals surface area contributed by atoms with Gasteiger partial charge in [-0.05, 0) is 12.1 Å². The Morgan fingerprint density at radius 1 is 0.741 bits per heavy atom. The van der Waals surface area contributed by atoms with E-state index in [0.29, 0.717) is 12.1 Å². The van der Waals surface area contributed by atoms with Gasteiger partial charge in [-0.15, -0.1) is 4.13 Å². The molecule has 0 heterocycles. The van der Waals surface area contributed by atoms with Crippen LogP contribution in [0.3, 0.4) is 0 Å². The number of halogens is 4. The molecule has 2 aromatic rings. The monoisotopic (exact) mass is 449 g/mol. The normalized spacial score (nSPS) is 12.9. The van der Waals surface area contributed by atoms with E-state index in [9.17, 15) is 42.8 Å². The van der Waals surface area contributed by atoms with Gasteiger partial charge in [0.15, 0.2) is 28.2 Å². The number of rotatable bonds is 5. The van der Waals surface area contributed by atoms with Crippen molar-refractivity contribution >= 4 is 30.2 Å². The fourth-order valence-electron chi connectivity index (χ4n) is 1.90. The first-order valence-electron chi connectivity index (χ1n) is 6.36. The van der Waals surface area contributed by atoms with E-state index in [0.717, 1.165) is 16.3 Å². The summed E-state index contributed by atoms with van der Waals surface area (Å²) in [6, 6.07) is 2.78. The Morgan fingerprint density at radius 2 is 1.19 bits per heavy atom. The van der Waals surface area contributed by atoms with Crippen LogP contribution in [0.2, 0.25) is 0 Å². The Bertz CT molecular complexity index is 1220. The van der Waals surface area contributed by atoms with Crippen LogP contribution in [0.5, 0.6) is 0 Å². The zero-order chi connectivity index (χ0) is 20.8. The number of hydrogen-bond acceptors (Lipinski definition) is 6. The van der Waals surface area contributed by atoms with Crippen molar-refractivity contribution in [2.75, 3.05) is 0 Å². The largest absolute Gasteiger partial charge is 0.295 e. The highest BCUT2D eigenvalue weighted by Crippen LogP contribution is 2.26. The first kappa shape index (κ1) is 21.2. The van der Waals surface area contributed by atoms with Crippen LogP contribution in [0.15, 0.2) is 45.0 Å². The van der Waals surface area contributed by atoms with Crippen LogP contribution in [-0.2, 0) is 30.2 Å². The highest BCUT2D eigenvalue weighted by molar-refractivity contribution is 8.05. The fourth-order valence-corrected chi connectivity index (χ4v) is 6.23. The number of hydrogen-bond donors (Lipinski definition) is 2. The minimum Gasteiger partial charge on any atom is -0.282 e. The van der Waals surface area contributed by atoms with Crippen molar-refractivity contribution < 1.29 is 47.4 Å². The molecular formula is C12H7F4NO7S3. The van der Waals surface area contributed by atoms with Crippen LogP contribution in [0, 0.1) is 23.3 Å². The lowest BCUT2D eigenvalue weighted by Gasteiger charge is -2.12. The van der Waals surface area contributed by atoms with Crippen LogP contribution in [0.1, 0.15) is 0 Å². The maximum absolute atomic E-state index is 13.7. The van der Waals surface area contributed by atoms with Gasteiger partial charge < -0.3 is 0 Å². The Kier molecular flexibility index (Phi) is 5.37. The van der Waals surface area contributed by atoms with Crippen molar-refractivity contribution in [3.05, 3.63) is 53.6 Å². The molecule has 2 rings (SSSR count). The summed E-state index contributed by atoms with van der Waals surface area (Å²) in [4.78, 5) is -4.82. The highest BCUT2D eigenvalue weighted by Gasteiger charge is 2.35. The average Bonchev–Trinajstić information content (AvgIpc) is 2.51. The molecule has 148 valence electrons. The standard InChI is InChI=1S/C12H7F4NO7S3/c13-6-5-7(14)11(16)12(10(6)15)26(20,21)17-25(18,19)8-3-1-2-4-9(8)27(22,23)24/h1-5,17H,(H,22,23,24). The summed E-state index contributed by atoms with van der Waals surface area (Å²) in [5.74, 6) is -9.05. The Morgan fingerprint density at radius 3 is 1.63 bits per heavy atom. The fraction of sp³-hybridized carbons (Fsp3) is 0. The molecule has 0 bridgehead atoms. The van der Waals surface area contributed by atoms with Gasteiger partial charge >= 0.3 is 0 Å². The molecule has 2 N–H and O–H groups in total. The quantitative estimate of drug-likeness (QED) is 0.397. The third-order valence-electron chi connectivity index (χ3n) is 2.98. The second kappa shape index (κ2) is 6.83. The number of nitrogens with one attached hydrogen (secondary N) is 1. The molecule has 27 heavy (non-hydrogen) atoms. The van der Waals surface area contributed by atoms with Gasteiger partial charge in [-0.1, -0.05) is 12.1 Å². The summed E-state index contributed by atoms with van der Waals surface area (Å²) in [5.41, 5.74) is 0. The number of benzene rings is 2. The maximum Gasteiger partial charge on any atom is 0.295 e. The average molecular weight is 449 g/mol. The minimum absolute atomic E-state index is 0.300. The van der Waals surface area contributed by atoms with Crippen molar-refractivity contribution in [2.45, 2.75) is 14.7 Å². The maximum atomic E-state index is 13.7. The lowest BCUT2D eigenvalue weighted by atomic mass is 10.3. The van der Waals surface area contributed by atoms with Crippen LogP contribution >= 0.6 is 0 Å². The minimum atomic E-state index is -5.78. The third kappa shape index (κ3) is 4.11. The predicted octanol–water partition coefficient (Wildman–Crippen LogP) is 1.16. The van der Waals surface area contributed by atoms with Crippen molar-refractivity contribution in [1.82, 2.24) is 4.13 Å². The van der Waals surface area contributed by atoms with Gasteiger partial charge in [0.2, 0.25) is 0 Å². The molecule has 0 saturated heterocycles. The van der Waals surface area contributed by atoms with Crippen LogP contribution in [-0.4, -0.2) is 29.8 Å². The van der Waals surface area contributed by atoms with Gasteiger partial charge in [0.1, 0.15) is 9.79 Å². The second-order valence-corrected chi connectivity index (χ2v) is 9.73. The molecule has 0 aliphatic heterocycles.